The number of aromatic nitrogens is 2. The maximum Gasteiger partial charge on any atom is 0.187 e. The first-order valence-corrected chi connectivity index (χ1v) is 7.07. The van der Waals surface area contributed by atoms with Gasteiger partial charge in [0.2, 0.25) is 0 Å². The maximum atomic E-state index is 9.27. The van der Waals surface area contributed by atoms with Crippen molar-refractivity contribution in [2.75, 3.05) is 6.54 Å². The molecule has 0 saturated carbocycles. The molecule has 0 aliphatic rings. The molecular formula is C13H20N4S. The van der Waals surface area contributed by atoms with E-state index >= 15 is 0 Å². The maximum absolute atomic E-state index is 9.27. The van der Waals surface area contributed by atoms with Crippen LogP contribution in [0.4, 0.5) is 0 Å². The fraction of sp³-hybridized carbons (Fsp3) is 0.615. The Hall–Kier alpha value is -1.12. The molecule has 0 aromatic carbocycles. The number of hydrogen-bond acceptors (Lipinski definition) is 5. The van der Waals surface area contributed by atoms with Crippen molar-refractivity contribution in [1.82, 2.24) is 15.3 Å². The lowest BCUT2D eigenvalue weighted by atomic mass is 9.98. The lowest BCUT2D eigenvalue weighted by molar-refractivity contribution is 0.418. The molecule has 18 heavy (non-hydrogen) atoms. The van der Waals surface area contributed by atoms with E-state index in [9.17, 15) is 5.26 Å². The van der Waals surface area contributed by atoms with E-state index in [1.165, 1.54) is 0 Å². The molecule has 2 atom stereocenters. The lowest BCUT2D eigenvalue weighted by Gasteiger charge is -2.25. The van der Waals surface area contributed by atoms with Crippen LogP contribution in [-0.2, 0) is 0 Å². The monoisotopic (exact) mass is 264 g/mol. The summed E-state index contributed by atoms with van der Waals surface area (Å²) in [4.78, 5) is 8.37. The molecule has 0 saturated heterocycles. The lowest BCUT2D eigenvalue weighted by Crippen LogP contribution is -2.43. The van der Waals surface area contributed by atoms with Crippen molar-refractivity contribution < 1.29 is 0 Å². The molecular weight excluding hydrogens is 244 g/mol. The second-order valence-corrected chi connectivity index (χ2v) is 5.94. The summed E-state index contributed by atoms with van der Waals surface area (Å²) in [6.45, 7) is 7.01. The normalized spacial score (nSPS) is 15.7. The molecule has 5 heteroatoms. The predicted octanol–water partition coefficient (Wildman–Crippen LogP) is 2.63. The van der Waals surface area contributed by atoms with Gasteiger partial charge < -0.3 is 0 Å². The molecule has 1 aromatic heterocycles. The third-order valence-corrected chi connectivity index (χ3v) is 3.55. The molecule has 0 aliphatic carbocycles. The Morgan fingerprint density at radius 3 is 2.72 bits per heavy atom. The Morgan fingerprint density at radius 2 is 2.17 bits per heavy atom. The van der Waals surface area contributed by atoms with Gasteiger partial charge in [-0.15, -0.1) is 0 Å². The number of rotatable bonds is 7. The number of hydrogen-bond donors (Lipinski definition) is 1. The molecule has 1 rings (SSSR count). The highest BCUT2D eigenvalue weighted by Gasteiger charge is 2.26. The van der Waals surface area contributed by atoms with Gasteiger partial charge in [-0.2, -0.15) is 5.26 Å². The quantitative estimate of drug-likeness (QED) is 0.606. The number of nitriles is 1. The third-order valence-electron chi connectivity index (χ3n) is 2.56. The van der Waals surface area contributed by atoms with Crippen molar-refractivity contribution in [2.45, 2.75) is 49.6 Å². The van der Waals surface area contributed by atoms with E-state index in [0.717, 1.165) is 24.5 Å². The Kier molecular flexibility index (Phi) is 6.10. The minimum atomic E-state index is -0.475. The van der Waals surface area contributed by atoms with Crippen LogP contribution >= 0.6 is 11.8 Å². The van der Waals surface area contributed by atoms with Gasteiger partial charge in [-0.3, -0.25) is 5.32 Å². The van der Waals surface area contributed by atoms with Crippen molar-refractivity contribution in [3.8, 4) is 6.07 Å². The molecule has 1 heterocycles. The standard InChI is InChI=1S/C13H20N4S/c1-4-6-17-13(3,10-14)9-11(2)18-12-15-7-5-8-16-12/h5,7-8,11,17H,4,6,9H2,1-3H3. The summed E-state index contributed by atoms with van der Waals surface area (Å²) in [5.41, 5.74) is -0.475. The number of nitrogens with one attached hydrogen (secondary N) is 1. The fourth-order valence-electron chi connectivity index (χ4n) is 1.70. The van der Waals surface area contributed by atoms with Crippen molar-refractivity contribution in [2.24, 2.45) is 0 Å². The zero-order valence-electron chi connectivity index (χ0n) is 11.2. The zero-order chi connectivity index (χ0) is 13.4. The van der Waals surface area contributed by atoms with Crippen LogP contribution in [0.5, 0.6) is 0 Å². The minimum Gasteiger partial charge on any atom is -0.300 e. The van der Waals surface area contributed by atoms with Gasteiger partial charge in [0, 0.05) is 17.6 Å². The molecule has 2 unspecified atom stereocenters. The molecule has 0 spiro atoms. The highest BCUT2D eigenvalue weighted by molar-refractivity contribution is 7.99. The second-order valence-electron chi connectivity index (χ2n) is 4.53. The van der Waals surface area contributed by atoms with Crippen LogP contribution in [0, 0.1) is 11.3 Å². The summed E-state index contributed by atoms with van der Waals surface area (Å²) in [5.74, 6) is 0. The third kappa shape index (κ3) is 5.03. The summed E-state index contributed by atoms with van der Waals surface area (Å²) in [6.07, 6.45) is 5.27. The van der Waals surface area contributed by atoms with Crippen LogP contribution in [0.25, 0.3) is 0 Å². The largest absolute Gasteiger partial charge is 0.300 e. The number of nitrogens with zero attached hydrogens (tertiary/aromatic N) is 3. The summed E-state index contributed by atoms with van der Waals surface area (Å²) in [7, 11) is 0. The first kappa shape index (κ1) is 14.9. The van der Waals surface area contributed by atoms with E-state index < -0.39 is 5.54 Å². The van der Waals surface area contributed by atoms with Crippen LogP contribution in [0.1, 0.15) is 33.6 Å². The Morgan fingerprint density at radius 1 is 1.50 bits per heavy atom. The Bertz CT molecular complexity index is 390. The van der Waals surface area contributed by atoms with Gasteiger partial charge in [-0.05, 0) is 32.4 Å². The summed E-state index contributed by atoms with van der Waals surface area (Å²) >= 11 is 1.61. The van der Waals surface area contributed by atoms with Gasteiger partial charge in [-0.25, -0.2) is 9.97 Å². The molecule has 0 aliphatic heterocycles. The van der Waals surface area contributed by atoms with E-state index in [4.69, 9.17) is 0 Å². The topological polar surface area (TPSA) is 61.6 Å². The average Bonchev–Trinajstić information content (AvgIpc) is 2.37. The smallest absolute Gasteiger partial charge is 0.187 e. The van der Waals surface area contributed by atoms with E-state index in [2.05, 4.69) is 35.2 Å². The van der Waals surface area contributed by atoms with E-state index in [0.29, 0.717) is 5.25 Å². The molecule has 0 bridgehead atoms. The minimum absolute atomic E-state index is 0.293. The molecule has 1 N–H and O–H groups in total. The summed E-state index contributed by atoms with van der Waals surface area (Å²) in [5, 5.41) is 13.6. The van der Waals surface area contributed by atoms with Gasteiger partial charge >= 0.3 is 0 Å². The molecule has 0 amide bonds. The van der Waals surface area contributed by atoms with Crippen molar-refractivity contribution in [1.29, 1.82) is 5.26 Å². The fourth-order valence-corrected chi connectivity index (χ4v) is 2.72. The predicted molar refractivity (Wildman–Crippen MR) is 74.3 cm³/mol. The molecule has 1 aromatic rings. The van der Waals surface area contributed by atoms with Crippen molar-refractivity contribution in [3.63, 3.8) is 0 Å². The Labute approximate surface area is 113 Å². The second kappa shape index (κ2) is 7.34. The summed E-state index contributed by atoms with van der Waals surface area (Å²) < 4.78 is 0. The van der Waals surface area contributed by atoms with Crippen LogP contribution in [0.2, 0.25) is 0 Å². The van der Waals surface area contributed by atoms with Crippen LogP contribution < -0.4 is 5.32 Å². The molecule has 0 fully saturated rings. The first-order valence-electron chi connectivity index (χ1n) is 6.19. The SMILES string of the molecule is CCCNC(C)(C#N)CC(C)Sc1ncccn1. The van der Waals surface area contributed by atoms with Crippen LogP contribution in [-0.4, -0.2) is 27.3 Å². The molecule has 98 valence electrons. The van der Waals surface area contributed by atoms with E-state index in [1.54, 1.807) is 30.2 Å². The van der Waals surface area contributed by atoms with E-state index in [-0.39, 0.29) is 0 Å². The highest BCUT2D eigenvalue weighted by Crippen LogP contribution is 2.25. The zero-order valence-corrected chi connectivity index (χ0v) is 12.0. The molecule has 0 radical (unpaired) electrons. The highest BCUT2D eigenvalue weighted by atomic mass is 32.2. The molecule has 4 nitrogen and oxygen atoms in total. The summed E-state index contributed by atoms with van der Waals surface area (Å²) in [6, 6.07) is 4.17. The first-order chi connectivity index (χ1) is 8.59. The van der Waals surface area contributed by atoms with Gasteiger partial charge in [0.25, 0.3) is 0 Å². The number of thioether (sulfide) groups is 1. The van der Waals surface area contributed by atoms with Crippen LogP contribution in [0.3, 0.4) is 0 Å². The van der Waals surface area contributed by atoms with Crippen molar-refractivity contribution in [3.05, 3.63) is 18.5 Å². The van der Waals surface area contributed by atoms with Gasteiger partial charge in [0.1, 0.15) is 5.54 Å². The van der Waals surface area contributed by atoms with E-state index in [1.807, 2.05) is 6.92 Å². The Balaban J connectivity index is 2.52. The van der Waals surface area contributed by atoms with Gasteiger partial charge in [0.15, 0.2) is 5.16 Å². The van der Waals surface area contributed by atoms with Gasteiger partial charge in [-0.1, -0.05) is 25.6 Å². The van der Waals surface area contributed by atoms with Crippen LogP contribution in [0.15, 0.2) is 23.6 Å². The van der Waals surface area contributed by atoms with Crippen molar-refractivity contribution >= 4 is 11.8 Å². The average molecular weight is 264 g/mol. The van der Waals surface area contributed by atoms with Gasteiger partial charge in [0.05, 0.1) is 6.07 Å².